The van der Waals surface area contributed by atoms with Gasteiger partial charge in [-0.2, -0.15) is 0 Å². The van der Waals surface area contributed by atoms with E-state index in [1.54, 1.807) is 24.3 Å². The van der Waals surface area contributed by atoms with E-state index in [9.17, 15) is 4.79 Å². The number of rotatable bonds is 6. The van der Waals surface area contributed by atoms with Gasteiger partial charge in [-0.1, -0.05) is 42.6 Å². The number of aromatic nitrogens is 2. The van der Waals surface area contributed by atoms with E-state index in [4.69, 9.17) is 20.8 Å². The summed E-state index contributed by atoms with van der Waals surface area (Å²) in [6.07, 6.45) is 5.86. The summed E-state index contributed by atoms with van der Waals surface area (Å²) >= 11 is 7.11. The van der Waals surface area contributed by atoms with Crippen LogP contribution in [-0.2, 0) is 11.4 Å². The van der Waals surface area contributed by atoms with Gasteiger partial charge in [0.1, 0.15) is 5.75 Å². The summed E-state index contributed by atoms with van der Waals surface area (Å²) in [4.78, 5) is 14.3. The van der Waals surface area contributed by atoms with Crippen molar-refractivity contribution in [2.45, 2.75) is 43.9 Å². The topological polar surface area (TPSA) is 68.5 Å². The molecule has 3 rings (SSSR count). The molecule has 0 bridgehead atoms. The van der Waals surface area contributed by atoms with Crippen LogP contribution < -0.4 is 4.74 Å². The summed E-state index contributed by atoms with van der Waals surface area (Å²) in [5, 5.41) is 8.96. The van der Waals surface area contributed by atoms with E-state index in [-0.39, 0.29) is 12.5 Å². The van der Waals surface area contributed by atoms with Crippen LogP contribution in [0.25, 0.3) is 0 Å². The number of nitrogens with zero attached hydrogens (tertiary/aromatic N) is 3. The molecule has 1 fully saturated rings. The highest BCUT2D eigenvalue weighted by molar-refractivity contribution is 7.99. The van der Waals surface area contributed by atoms with Gasteiger partial charge in [0.2, 0.25) is 5.91 Å². The van der Waals surface area contributed by atoms with Crippen molar-refractivity contribution in [3.05, 3.63) is 35.2 Å². The minimum absolute atomic E-state index is 0.133. The monoisotopic (exact) mass is 395 g/mol. The first kappa shape index (κ1) is 19.0. The Labute approximate surface area is 162 Å². The van der Waals surface area contributed by atoms with E-state index in [0.717, 1.165) is 25.9 Å². The van der Waals surface area contributed by atoms with Crippen LogP contribution in [0.5, 0.6) is 5.75 Å². The first-order valence-electron chi connectivity index (χ1n) is 8.82. The number of amides is 1. The molecule has 0 unspecified atom stereocenters. The molecule has 0 N–H and O–H groups in total. The van der Waals surface area contributed by atoms with Gasteiger partial charge in [0.05, 0.1) is 5.75 Å². The average molecular weight is 396 g/mol. The van der Waals surface area contributed by atoms with Crippen LogP contribution in [0.2, 0.25) is 5.02 Å². The molecule has 1 aromatic heterocycles. The van der Waals surface area contributed by atoms with Gasteiger partial charge in [0.25, 0.3) is 11.1 Å². The van der Waals surface area contributed by atoms with Crippen LogP contribution in [0.3, 0.4) is 0 Å². The lowest BCUT2D eigenvalue weighted by Gasteiger charge is -2.24. The number of ether oxygens (including phenoxy) is 1. The Balaban J connectivity index is 1.44. The quantitative estimate of drug-likeness (QED) is 0.683. The standard InChI is InChI=1S/C18H22ClN3O3S/c19-14-6-8-15(9-7-14)24-12-16-20-21-18(25-16)26-13-17(23)22-10-4-2-1-3-5-11-22/h6-9H,1-5,10-13H2. The minimum Gasteiger partial charge on any atom is -0.484 e. The lowest BCUT2D eigenvalue weighted by Crippen LogP contribution is -2.35. The first-order valence-corrected chi connectivity index (χ1v) is 10.2. The molecule has 0 aliphatic carbocycles. The van der Waals surface area contributed by atoms with E-state index in [0.29, 0.717) is 27.6 Å². The van der Waals surface area contributed by atoms with Crippen LogP contribution in [0.1, 0.15) is 38.0 Å². The van der Waals surface area contributed by atoms with Crippen LogP contribution in [0.4, 0.5) is 0 Å². The summed E-state index contributed by atoms with van der Waals surface area (Å²) in [6, 6.07) is 7.05. The highest BCUT2D eigenvalue weighted by Gasteiger charge is 2.17. The van der Waals surface area contributed by atoms with Gasteiger partial charge in [-0.25, -0.2) is 0 Å². The smallest absolute Gasteiger partial charge is 0.277 e. The first-order chi connectivity index (χ1) is 12.7. The highest BCUT2D eigenvalue weighted by atomic mass is 35.5. The van der Waals surface area contributed by atoms with Gasteiger partial charge in [-0.3, -0.25) is 4.79 Å². The number of likely N-dealkylation sites (tertiary alicyclic amines) is 1. The van der Waals surface area contributed by atoms with Crippen molar-refractivity contribution in [3.63, 3.8) is 0 Å². The number of thioether (sulfide) groups is 1. The number of benzene rings is 1. The summed E-state index contributed by atoms with van der Waals surface area (Å²) in [6.45, 7) is 1.88. The summed E-state index contributed by atoms with van der Waals surface area (Å²) in [5.74, 6) is 1.50. The number of hydrogen-bond acceptors (Lipinski definition) is 6. The van der Waals surface area contributed by atoms with Crippen molar-refractivity contribution in [1.29, 1.82) is 0 Å². The average Bonchev–Trinajstić information content (AvgIpc) is 3.07. The second-order valence-electron chi connectivity index (χ2n) is 6.14. The van der Waals surface area contributed by atoms with Gasteiger partial charge in [-0.05, 0) is 37.1 Å². The number of carbonyl (C=O) groups is 1. The third-order valence-corrected chi connectivity index (χ3v) is 5.21. The lowest BCUT2D eigenvalue weighted by molar-refractivity contribution is -0.128. The fourth-order valence-corrected chi connectivity index (χ4v) is 3.55. The minimum atomic E-state index is 0.133. The van der Waals surface area contributed by atoms with Crippen LogP contribution in [-0.4, -0.2) is 39.8 Å². The molecule has 8 heteroatoms. The Bertz CT molecular complexity index is 700. The lowest BCUT2D eigenvalue weighted by atomic mass is 10.1. The van der Waals surface area contributed by atoms with E-state index < -0.39 is 0 Å². The van der Waals surface area contributed by atoms with E-state index in [2.05, 4.69) is 10.2 Å². The Hall–Kier alpha value is -1.73. The molecule has 1 aliphatic heterocycles. The molecular weight excluding hydrogens is 374 g/mol. The second kappa shape index (κ2) is 9.83. The van der Waals surface area contributed by atoms with Crippen molar-refractivity contribution in [3.8, 4) is 5.75 Å². The highest BCUT2D eigenvalue weighted by Crippen LogP contribution is 2.20. The third-order valence-electron chi connectivity index (χ3n) is 4.15. The Morgan fingerprint density at radius 3 is 2.54 bits per heavy atom. The molecule has 0 saturated carbocycles. The van der Waals surface area contributed by atoms with Crippen molar-refractivity contribution < 1.29 is 13.9 Å². The van der Waals surface area contributed by atoms with Crippen molar-refractivity contribution in [2.24, 2.45) is 0 Å². The van der Waals surface area contributed by atoms with Crippen LogP contribution in [0.15, 0.2) is 33.9 Å². The molecule has 1 aliphatic rings. The molecule has 0 atom stereocenters. The molecule has 6 nitrogen and oxygen atoms in total. The van der Waals surface area contributed by atoms with Gasteiger partial charge in [-0.15, -0.1) is 10.2 Å². The van der Waals surface area contributed by atoms with Crippen LogP contribution in [0, 0.1) is 0 Å². The van der Waals surface area contributed by atoms with E-state index in [1.165, 1.54) is 31.0 Å². The van der Waals surface area contributed by atoms with Gasteiger partial charge < -0.3 is 14.1 Å². The maximum atomic E-state index is 12.4. The molecule has 26 heavy (non-hydrogen) atoms. The third kappa shape index (κ3) is 5.92. The zero-order valence-electron chi connectivity index (χ0n) is 14.5. The Morgan fingerprint density at radius 2 is 1.81 bits per heavy atom. The normalized spacial score (nSPS) is 15.3. The second-order valence-corrected chi connectivity index (χ2v) is 7.50. The molecule has 1 aromatic carbocycles. The van der Waals surface area contributed by atoms with E-state index >= 15 is 0 Å². The van der Waals surface area contributed by atoms with Gasteiger partial charge in [0, 0.05) is 18.1 Å². The summed E-state index contributed by atoms with van der Waals surface area (Å²) in [5.41, 5.74) is 0. The maximum absolute atomic E-state index is 12.4. The van der Waals surface area contributed by atoms with Crippen molar-refractivity contribution in [2.75, 3.05) is 18.8 Å². The zero-order valence-corrected chi connectivity index (χ0v) is 16.1. The summed E-state index contributed by atoms with van der Waals surface area (Å²) in [7, 11) is 0. The molecule has 2 aromatic rings. The van der Waals surface area contributed by atoms with E-state index in [1.807, 2.05) is 4.90 Å². The molecule has 0 spiro atoms. The van der Waals surface area contributed by atoms with Gasteiger partial charge in [0.15, 0.2) is 6.61 Å². The number of hydrogen-bond donors (Lipinski definition) is 0. The molecule has 0 radical (unpaired) electrons. The molecular formula is C18H22ClN3O3S. The molecule has 140 valence electrons. The van der Waals surface area contributed by atoms with Crippen molar-refractivity contribution in [1.82, 2.24) is 15.1 Å². The fraction of sp³-hybridized carbons (Fsp3) is 0.500. The summed E-state index contributed by atoms with van der Waals surface area (Å²) < 4.78 is 11.1. The van der Waals surface area contributed by atoms with Gasteiger partial charge >= 0.3 is 0 Å². The predicted molar refractivity (Wildman–Crippen MR) is 100 cm³/mol. The van der Waals surface area contributed by atoms with Crippen LogP contribution >= 0.6 is 23.4 Å². The number of carbonyl (C=O) groups excluding carboxylic acids is 1. The number of halogens is 1. The zero-order chi connectivity index (χ0) is 18.2. The largest absolute Gasteiger partial charge is 0.484 e. The fourth-order valence-electron chi connectivity index (χ4n) is 2.74. The molecule has 1 amide bonds. The SMILES string of the molecule is O=C(CSc1nnc(COc2ccc(Cl)cc2)o1)N1CCCCCCC1. The predicted octanol–water partition coefficient (Wildman–Crippen LogP) is 4.19. The Kier molecular flexibility index (Phi) is 7.20. The molecule has 1 saturated heterocycles. The Morgan fingerprint density at radius 1 is 1.12 bits per heavy atom. The van der Waals surface area contributed by atoms with Crippen molar-refractivity contribution >= 4 is 29.3 Å². The molecule has 2 heterocycles. The maximum Gasteiger partial charge on any atom is 0.277 e.